The molecule has 1 aromatic carbocycles. The number of aliphatic carboxylic acids is 1. The third-order valence-electron chi connectivity index (χ3n) is 6.11. The molecule has 0 aromatic heterocycles. The summed E-state index contributed by atoms with van der Waals surface area (Å²) in [5.41, 5.74) is 12.0. The summed E-state index contributed by atoms with van der Waals surface area (Å²) in [5.74, 6) is -3.94. The van der Waals surface area contributed by atoms with Crippen LogP contribution in [0.25, 0.3) is 0 Å². The maximum absolute atomic E-state index is 13.2. The fraction of sp³-hybridized carbons (Fsp3) is 0.577. The van der Waals surface area contributed by atoms with Crippen LogP contribution in [0.5, 0.6) is 0 Å². The first-order valence-corrected chi connectivity index (χ1v) is 12.6. The van der Waals surface area contributed by atoms with E-state index in [2.05, 4.69) is 16.0 Å². The van der Waals surface area contributed by atoms with Crippen LogP contribution in [0.2, 0.25) is 0 Å². The molecule has 0 bridgehead atoms. The molecule has 206 valence electrons. The molecule has 1 aromatic rings. The van der Waals surface area contributed by atoms with E-state index in [1.165, 1.54) is 0 Å². The number of primary amides is 1. The topological polar surface area (TPSA) is 194 Å². The second-order valence-corrected chi connectivity index (χ2v) is 9.76. The number of benzene rings is 1. The van der Waals surface area contributed by atoms with Crippen LogP contribution >= 0.6 is 0 Å². The average Bonchev–Trinajstić information content (AvgIpc) is 2.84. The Hall–Kier alpha value is -3.47. The Morgan fingerprint density at radius 3 is 1.92 bits per heavy atom. The predicted octanol–water partition coefficient (Wildman–Crippen LogP) is 0.453. The van der Waals surface area contributed by atoms with Crippen LogP contribution in [0.1, 0.15) is 58.9 Å². The first-order chi connectivity index (χ1) is 17.3. The van der Waals surface area contributed by atoms with Crippen molar-refractivity contribution in [1.29, 1.82) is 0 Å². The van der Waals surface area contributed by atoms with Gasteiger partial charge in [0, 0.05) is 12.8 Å². The van der Waals surface area contributed by atoms with E-state index >= 15 is 0 Å². The van der Waals surface area contributed by atoms with Crippen LogP contribution < -0.4 is 27.4 Å². The van der Waals surface area contributed by atoms with E-state index in [1.807, 2.05) is 20.8 Å². The first kappa shape index (κ1) is 31.6. The van der Waals surface area contributed by atoms with E-state index < -0.39 is 53.8 Å². The Labute approximate surface area is 218 Å². The Morgan fingerprint density at radius 1 is 0.865 bits per heavy atom. The fourth-order valence-electron chi connectivity index (χ4n) is 3.63. The minimum Gasteiger partial charge on any atom is -0.480 e. The Bertz CT molecular complexity index is 923. The van der Waals surface area contributed by atoms with Crippen molar-refractivity contribution in [2.45, 2.75) is 84.0 Å². The molecule has 0 heterocycles. The number of amides is 4. The third kappa shape index (κ3) is 11.4. The van der Waals surface area contributed by atoms with Gasteiger partial charge in [0.25, 0.3) is 0 Å². The van der Waals surface area contributed by atoms with E-state index in [0.29, 0.717) is 6.42 Å². The summed E-state index contributed by atoms with van der Waals surface area (Å²) in [6.45, 7) is 7.35. The lowest BCUT2D eigenvalue weighted by molar-refractivity contribution is -0.142. The molecular formula is C26H41N5O6. The molecule has 37 heavy (non-hydrogen) atoms. The number of nitrogens with one attached hydrogen (secondary N) is 3. The van der Waals surface area contributed by atoms with Gasteiger partial charge in [-0.25, -0.2) is 4.79 Å². The second-order valence-electron chi connectivity index (χ2n) is 9.76. The highest BCUT2D eigenvalue weighted by Gasteiger charge is 2.31. The van der Waals surface area contributed by atoms with Crippen LogP contribution in [0.15, 0.2) is 30.3 Å². The van der Waals surface area contributed by atoms with E-state index in [-0.39, 0.29) is 37.5 Å². The summed E-state index contributed by atoms with van der Waals surface area (Å²) < 4.78 is 0. The number of rotatable bonds is 16. The van der Waals surface area contributed by atoms with E-state index in [0.717, 1.165) is 5.56 Å². The molecule has 5 atom stereocenters. The monoisotopic (exact) mass is 519 g/mol. The Kier molecular flexibility index (Phi) is 13.3. The number of carboxylic acids is 1. The molecule has 0 saturated heterocycles. The molecule has 0 aliphatic heterocycles. The maximum atomic E-state index is 13.2. The van der Waals surface area contributed by atoms with Gasteiger partial charge in [0.2, 0.25) is 23.6 Å². The normalized spacial score (nSPS) is 15.1. The second kappa shape index (κ2) is 15.6. The molecule has 11 nitrogen and oxygen atoms in total. The molecule has 4 amide bonds. The summed E-state index contributed by atoms with van der Waals surface area (Å²) >= 11 is 0. The van der Waals surface area contributed by atoms with Gasteiger partial charge in [-0.15, -0.1) is 0 Å². The fourth-order valence-corrected chi connectivity index (χ4v) is 3.63. The summed E-state index contributed by atoms with van der Waals surface area (Å²) in [6, 6.07) is 4.57. The zero-order valence-electron chi connectivity index (χ0n) is 22.0. The zero-order valence-corrected chi connectivity index (χ0v) is 22.0. The van der Waals surface area contributed by atoms with E-state index in [4.69, 9.17) is 11.5 Å². The van der Waals surface area contributed by atoms with Crippen molar-refractivity contribution in [3.05, 3.63) is 35.9 Å². The van der Waals surface area contributed by atoms with Gasteiger partial charge in [0.05, 0.1) is 6.04 Å². The zero-order chi connectivity index (χ0) is 28.1. The van der Waals surface area contributed by atoms with Crippen molar-refractivity contribution in [3.8, 4) is 0 Å². The summed E-state index contributed by atoms with van der Waals surface area (Å²) in [4.78, 5) is 62.1. The van der Waals surface area contributed by atoms with Gasteiger partial charge >= 0.3 is 5.97 Å². The van der Waals surface area contributed by atoms with Gasteiger partial charge in [0.15, 0.2) is 0 Å². The van der Waals surface area contributed by atoms with E-state index in [9.17, 15) is 29.1 Å². The highest BCUT2D eigenvalue weighted by molar-refractivity contribution is 5.94. The van der Waals surface area contributed by atoms with Crippen LogP contribution in [0, 0.1) is 11.8 Å². The van der Waals surface area contributed by atoms with Gasteiger partial charge < -0.3 is 32.5 Å². The number of carboxylic acid groups (broad SMARTS) is 1. The Balaban J connectivity index is 3.16. The van der Waals surface area contributed by atoms with Crippen molar-refractivity contribution in [3.63, 3.8) is 0 Å². The molecule has 1 rings (SSSR count). The molecule has 8 N–H and O–H groups in total. The molecule has 0 spiro atoms. The maximum Gasteiger partial charge on any atom is 0.326 e. The molecule has 5 unspecified atom stereocenters. The lowest BCUT2D eigenvalue weighted by Gasteiger charge is -2.26. The van der Waals surface area contributed by atoms with Crippen molar-refractivity contribution < 1.29 is 29.1 Å². The minimum absolute atomic E-state index is 0.00618. The van der Waals surface area contributed by atoms with Crippen molar-refractivity contribution in [1.82, 2.24) is 16.0 Å². The molecule has 0 fully saturated rings. The van der Waals surface area contributed by atoms with Crippen molar-refractivity contribution in [2.75, 3.05) is 0 Å². The smallest absolute Gasteiger partial charge is 0.326 e. The molecular weight excluding hydrogens is 478 g/mol. The summed E-state index contributed by atoms with van der Waals surface area (Å²) in [7, 11) is 0. The first-order valence-electron chi connectivity index (χ1n) is 12.6. The number of hydrogen-bond acceptors (Lipinski definition) is 6. The quantitative estimate of drug-likeness (QED) is 0.182. The largest absolute Gasteiger partial charge is 0.480 e. The van der Waals surface area contributed by atoms with Gasteiger partial charge in [-0.1, -0.05) is 64.4 Å². The molecule has 0 saturated carbocycles. The van der Waals surface area contributed by atoms with Crippen LogP contribution in [-0.4, -0.2) is 58.9 Å². The summed E-state index contributed by atoms with van der Waals surface area (Å²) in [5, 5.41) is 17.2. The Morgan fingerprint density at radius 2 is 1.41 bits per heavy atom. The minimum atomic E-state index is -1.18. The molecule has 0 aliphatic carbocycles. The molecule has 0 aliphatic rings. The standard InChI is InChI=1S/C26H41N5O6/c1-5-16(4)22(28)25(35)29-18(11-12-21(27)32)23(33)30-19(14-17-9-7-6-8-10-17)24(34)31-20(26(36)37)13-15(2)3/h6-10,15-16,18-20,22H,5,11-14,28H2,1-4H3,(H2,27,32)(H,29,35)(H,30,33)(H,31,34)(H,36,37). The number of nitrogens with two attached hydrogens (primary N) is 2. The third-order valence-corrected chi connectivity index (χ3v) is 6.11. The van der Waals surface area contributed by atoms with Crippen LogP contribution in [0.4, 0.5) is 0 Å². The lowest BCUT2D eigenvalue weighted by atomic mass is 9.98. The number of carbonyl (C=O) groups is 5. The number of hydrogen-bond donors (Lipinski definition) is 6. The van der Waals surface area contributed by atoms with Crippen LogP contribution in [0.3, 0.4) is 0 Å². The van der Waals surface area contributed by atoms with Crippen LogP contribution in [-0.2, 0) is 30.4 Å². The highest BCUT2D eigenvalue weighted by Crippen LogP contribution is 2.10. The lowest BCUT2D eigenvalue weighted by Crippen LogP contribution is -2.58. The van der Waals surface area contributed by atoms with Gasteiger partial charge in [-0.05, 0) is 30.2 Å². The average molecular weight is 520 g/mol. The highest BCUT2D eigenvalue weighted by atomic mass is 16.4. The van der Waals surface area contributed by atoms with Gasteiger partial charge in [-0.2, -0.15) is 0 Å². The van der Waals surface area contributed by atoms with Crippen molar-refractivity contribution in [2.24, 2.45) is 23.3 Å². The van der Waals surface area contributed by atoms with E-state index in [1.54, 1.807) is 37.3 Å². The van der Waals surface area contributed by atoms with Gasteiger partial charge in [0.1, 0.15) is 18.1 Å². The SMILES string of the molecule is CCC(C)C(N)C(=O)NC(CCC(N)=O)C(=O)NC(Cc1ccccc1)C(=O)NC(CC(C)C)C(=O)O. The summed E-state index contributed by atoms with van der Waals surface area (Å²) in [6.07, 6.45) is 0.660. The van der Waals surface area contributed by atoms with Crippen molar-refractivity contribution >= 4 is 29.6 Å². The number of carbonyl (C=O) groups excluding carboxylic acids is 4. The molecule has 0 radical (unpaired) electrons. The molecule has 11 heteroatoms. The van der Waals surface area contributed by atoms with Gasteiger partial charge in [-0.3, -0.25) is 19.2 Å². The predicted molar refractivity (Wildman–Crippen MR) is 139 cm³/mol.